The predicted molar refractivity (Wildman–Crippen MR) is 176 cm³/mol. The van der Waals surface area contributed by atoms with E-state index in [4.69, 9.17) is 4.74 Å². The number of nitrogens with one attached hydrogen (secondary N) is 2. The van der Waals surface area contributed by atoms with Crippen molar-refractivity contribution in [1.82, 2.24) is 10.6 Å². The second kappa shape index (κ2) is 13.6. The molecule has 1 heterocycles. The quantitative estimate of drug-likeness (QED) is 0.267. The van der Waals surface area contributed by atoms with Crippen molar-refractivity contribution < 1.29 is 19.1 Å². The maximum atomic E-state index is 14.4. The number of aryl methyl sites for hydroxylation is 1. The van der Waals surface area contributed by atoms with Gasteiger partial charge in [0, 0.05) is 15.6 Å². The van der Waals surface area contributed by atoms with Gasteiger partial charge in [-0.3, -0.25) is 14.4 Å². The highest BCUT2D eigenvalue weighted by Gasteiger charge is 2.38. The highest BCUT2D eigenvalue weighted by Crippen LogP contribution is 2.38. The fourth-order valence-corrected chi connectivity index (χ4v) is 5.70. The third-order valence-corrected chi connectivity index (χ3v) is 8.38. The number of halogens is 2. The van der Waals surface area contributed by atoms with Crippen molar-refractivity contribution in [3.05, 3.63) is 100 Å². The molecule has 2 N–H and O–H groups in total. The van der Waals surface area contributed by atoms with Crippen LogP contribution < -0.4 is 25.2 Å². The molecule has 0 radical (unpaired) electrons. The minimum absolute atomic E-state index is 0. The van der Waals surface area contributed by atoms with Crippen molar-refractivity contribution in [2.24, 2.45) is 0 Å². The Kier molecular flexibility index (Phi) is 10.1. The van der Waals surface area contributed by atoms with E-state index >= 15 is 0 Å². The number of ether oxygens (including phenoxy) is 1. The van der Waals surface area contributed by atoms with Crippen LogP contribution >= 0.6 is 28.3 Å². The molecule has 1 aliphatic rings. The van der Waals surface area contributed by atoms with Crippen LogP contribution in [0.15, 0.2) is 83.3 Å². The number of likely N-dealkylation sites (N-methyl/N-ethyl adjacent to an activating group) is 1. The Hall–Kier alpha value is -3.92. The van der Waals surface area contributed by atoms with Gasteiger partial charge in [0.25, 0.3) is 11.8 Å². The Balaban J connectivity index is 0.00000423. The summed E-state index contributed by atoms with van der Waals surface area (Å²) in [5.41, 5.74) is 3.48. The maximum absolute atomic E-state index is 14.4. The van der Waals surface area contributed by atoms with E-state index in [0.29, 0.717) is 22.7 Å². The molecule has 43 heavy (non-hydrogen) atoms. The van der Waals surface area contributed by atoms with Crippen molar-refractivity contribution in [2.45, 2.75) is 32.5 Å². The van der Waals surface area contributed by atoms with Crippen LogP contribution in [0.4, 0.5) is 11.4 Å². The molecule has 0 aliphatic carbocycles. The molecule has 4 aromatic rings. The van der Waals surface area contributed by atoms with E-state index in [1.54, 1.807) is 43.0 Å². The Labute approximate surface area is 265 Å². The maximum Gasteiger partial charge on any atom is 0.258 e. The molecule has 224 valence electrons. The average Bonchev–Trinajstić information content (AvgIpc) is 3.11. The van der Waals surface area contributed by atoms with Gasteiger partial charge in [-0.1, -0.05) is 57.9 Å². The molecule has 0 spiro atoms. The minimum atomic E-state index is -0.997. The first kappa shape index (κ1) is 32.0. The number of carbonyl (C=O) groups excluding carboxylic acids is 3. The minimum Gasteiger partial charge on any atom is -0.496 e. The lowest BCUT2D eigenvalue weighted by Gasteiger charge is -2.27. The van der Waals surface area contributed by atoms with E-state index < -0.39 is 12.1 Å². The van der Waals surface area contributed by atoms with Gasteiger partial charge in [0.05, 0.1) is 37.6 Å². The summed E-state index contributed by atoms with van der Waals surface area (Å²) in [4.78, 5) is 44.7. The van der Waals surface area contributed by atoms with Crippen LogP contribution in [0.1, 0.15) is 28.4 Å². The van der Waals surface area contributed by atoms with Crippen molar-refractivity contribution in [3.63, 3.8) is 0 Å². The summed E-state index contributed by atoms with van der Waals surface area (Å²) in [7, 11) is 3.28. The second-order valence-electron chi connectivity index (χ2n) is 10.3. The number of benzene rings is 4. The van der Waals surface area contributed by atoms with Gasteiger partial charge in [-0.25, -0.2) is 0 Å². The fourth-order valence-electron chi connectivity index (χ4n) is 5.20. The summed E-state index contributed by atoms with van der Waals surface area (Å²) >= 11 is 3.64. The van der Waals surface area contributed by atoms with Gasteiger partial charge in [-0.2, -0.15) is 0 Å². The van der Waals surface area contributed by atoms with E-state index in [9.17, 15) is 14.4 Å². The Bertz CT molecular complexity index is 1660. The third kappa shape index (κ3) is 6.39. The summed E-state index contributed by atoms with van der Waals surface area (Å²) in [5.74, 6) is -0.291. The van der Waals surface area contributed by atoms with Crippen LogP contribution in [0.3, 0.4) is 0 Å². The van der Waals surface area contributed by atoms with E-state index in [0.717, 1.165) is 26.4 Å². The lowest BCUT2D eigenvalue weighted by molar-refractivity contribution is -0.128. The van der Waals surface area contributed by atoms with Crippen molar-refractivity contribution in [3.8, 4) is 5.75 Å². The lowest BCUT2D eigenvalue weighted by Crippen LogP contribution is -2.55. The Morgan fingerprint density at radius 1 is 0.977 bits per heavy atom. The number of rotatable bonds is 7. The Morgan fingerprint density at radius 3 is 2.35 bits per heavy atom. The molecular formula is C33H34BrClN4O4. The standard InChI is InChI=1S/C33H33BrN4O4.ClH/c1-20-12-14-22(15-13-20)32(40)38-19-27(36-31(39)21(2)35-3)33(41)37(28-10-5-6-11-29(28)38)18-25-23-8-7-9-26(34)24(23)16-17-30(25)42-4;/h5-17,21,27,35H,18-19H2,1-4H3,(H,36,39);1H. The molecule has 0 saturated carbocycles. The SMILES string of the molecule is CNC(C)C(=O)NC1CN(C(=O)c2ccc(C)cc2)c2ccccc2N(Cc2c(OC)ccc3c(Br)cccc23)C1=O.Cl. The van der Waals surface area contributed by atoms with Crippen molar-refractivity contribution >= 4 is 68.2 Å². The molecule has 5 rings (SSSR count). The van der Waals surface area contributed by atoms with Crippen LogP contribution in [-0.4, -0.2) is 50.5 Å². The van der Waals surface area contributed by atoms with Gasteiger partial charge in [-0.15, -0.1) is 12.4 Å². The molecule has 2 atom stereocenters. The third-order valence-electron chi connectivity index (χ3n) is 7.69. The molecule has 4 aromatic carbocycles. The normalized spacial score (nSPS) is 15.3. The number of hydrogen-bond donors (Lipinski definition) is 2. The largest absolute Gasteiger partial charge is 0.496 e. The molecule has 3 amide bonds. The number of para-hydroxylation sites is 2. The molecule has 0 saturated heterocycles. The number of carbonyl (C=O) groups is 3. The zero-order valence-corrected chi connectivity index (χ0v) is 26.8. The number of fused-ring (bicyclic) bond motifs is 2. The molecule has 0 aromatic heterocycles. The van der Waals surface area contributed by atoms with Crippen LogP contribution in [0.2, 0.25) is 0 Å². The van der Waals surface area contributed by atoms with Gasteiger partial charge < -0.3 is 25.2 Å². The summed E-state index contributed by atoms with van der Waals surface area (Å²) < 4.78 is 6.68. The number of methoxy groups -OCH3 is 1. The van der Waals surface area contributed by atoms with Crippen LogP contribution in [0.5, 0.6) is 5.75 Å². The highest BCUT2D eigenvalue weighted by molar-refractivity contribution is 9.10. The van der Waals surface area contributed by atoms with Gasteiger partial charge in [0.2, 0.25) is 5.91 Å². The molecule has 8 nitrogen and oxygen atoms in total. The van der Waals surface area contributed by atoms with E-state index in [1.165, 1.54) is 0 Å². The zero-order valence-electron chi connectivity index (χ0n) is 24.4. The summed E-state index contributed by atoms with van der Waals surface area (Å²) in [6.07, 6.45) is 0. The monoisotopic (exact) mass is 664 g/mol. The molecule has 0 bridgehead atoms. The van der Waals surface area contributed by atoms with Crippen LogP contribution in [0.25, 0.3) is 10.8 Å². The predicted octanol–water partition coefficient (Wildman–Crippen LogP) is 5.63. The molecular weight excluding hydrogens is 632 g/mol. The molecule has 0 fully saturated rings. The van der Waals surface area contributed by atoms with Crippen molar-refractivity contribution in [2.75, 3.05) is 30.5 Å². The number of amides is 3. The first-order valence-electron chi connectivity index (χ1n) is 13.7. The highest BCUT2D eigenvalue weighted by atomic mass is 79.9. The van der Waals surface area contributed by atoms with Gasteiger partial charge in [-0.05, 0) is 74.1 Å². The second-order valence-corrected chi connectivity index (χ2v) is 11.2. The Morgan fingerprint density at radius 2 is 1.67 bits per heavy atom. The first-order valence-corrected chi connectivity index (χ1v) is 14.5. The lowest BCUT2D eigenvalue weighted by atomic mass is 10.0. The fraction of sp³-hybridized carbons (Fsp3) is 0.242. The van der Waals surface area contributed by atoms with Gasteiger partial charge in [0.15, 0.2) is 0 Å². The number of hydrogen-bond acceptors (Lipinski definition) is 5. The molecule has 10 heteroatoms. The number of nitrogens with zero attached hydrogens (tertiary/aromatic N) is 2. The zero-order chi connectivity index (χ0) is 30.0. The topological polar surface area (TPSA) is 91.0 Å². The van der Waals surface area contributed by atoms with E-state index in [1.807, 2.05) is 73.7 Å². The van der Waals surface area contributed by atoms with E-state index in [2.05, 4.69) is 26.6 Å². The van der Waals surface area contributed by atoms with Gasteiger partial charge >= 0.3 is 0 Å². The number of anilines is 2. The summed E-state index contributed by atoms with van der Waals surface area (Å²) in [5, 5.41) is 7.73. The smallest absolute Gasteiger partial charge is 0.258 e. The van der Waals surface area contributed by atoms with E-state index in [-0.39, 0.29) is 43.2 Å². The summed E-state index contributed by atoms with van der Waals surface area (Å²) in [6.45, 7) is 3.81. The van der Waals surface area contributed by atoms with Crippen LogP contribution in [0, 0.1) is 6.92 Å². The van der Waals surface area contributed by atoms with Crippen molar-refractivity contribution in [1.29, 1.82) is 0 Å². The average molecular weight is 666 g/mol. The van der Waals surface area contributed by atoms with Gasteiger partial charge in [0.1, 0.15) is 11.8 Å². The molecule has 2 unspecified atom stereocenters. The first-order chi connectivity index (χ1) is 20.2. The molecule has 1 aliphatic heterocycles. The van der Waals surface area contributed by atoms with Crippen LogP contribution in [-0.2, 0) is 16.1 Å². The summed E-state index contributed by atoms with van der Waals surface area (Å²) in [6, 6.07) is 22.9.